The van der Waals surface area contributed by atoms with Crippen LogP contribution in [-0.2, 0) is 0 Å². The molecule has 2 aromatic carbocycles. The highest BCUT2D eigenvalue weighted by Crippen LogP contribution is 2.24. The first-order valence-electron chi connectivity index (χ1n) is 6.55. The molecule has 3 heteroatoms. The molecule has 0 fully saturated rings. The van der Waals surface area contributed by atoms with Gasteiger partial charge in [-0.15, -0.1) is 0 Å². The van der Waals surface area contributed by atoms with E-state index in [9.17, 15) is 5.11 Å². The van der Waals surface area contributed by atoms with Crippen LogP contribution < -0.4 is 0 Å². The molecule has 0 aliphatic rings. The highest BCUT2D eigenvalue weighted by Gasteiger charge is 2.08. The molecule has 3 rings (SSSR count). The van der Waals surface area contributed by atoms with Gasteiger partial charge in [0.25, 0.3) is 0 Å². The maximum atomic E-state index is 9.55. The van der Waals surface area contributed by atoms with Gasteiger partial charge in [-0.1, -0.05) is 30.3 Å². The van der Waals surface area contributed by atoms with E-state index in [1.54, 1.807) is 12.1 Å². The number of nitrogens with zero attached hydrogens (tertiary/aromatic N) is 2. The average Bonchev–Trinajstić information content (AvgIpc) is 2.88. The van der Waals surface area contributed by atoms with Gasteiger partial charge < -0.3 is 9.67 Å². The molecule has 1 heterocycles. The summed E-state index contributed by atoms with van der Waals surface area (Å²) in [4.78, 5) is 4.44. The Hall–Kier alpha value is -2.55. The quantitative estimate of drug-likeness (QED) is 0.763. The summed E-state index contributed by atoms with van der Waals surface area (Å²) in [6.45, 7) is 4.19. The van der Waals surface area contributed by atoms with Crippen molar-refractivity contribution in [3.8, 4) is 22.7 Å². The van der Waals surface area contributed by atoms with Crippen molar-refractivity contribution in [3.63, 3.8) is 0 Å². The Bertz CT molecular complexity index is 739. The summed E-state index contributed by atoms with van der Waals surface area (Å²) in [5, 5.41) is 9.55. The smallest absolute Gasteiger partial charge is 0.116 e. The fourth-order valence-corrected chi connectivity index (χ4v) is 2.47. The van der Waals surface area contributed by atoms with Crippen molar-refractivity contribution in [3.05, 3.63) is 66.1 Å². The normalized spacial score (nSPS) is 10.7. The van der Waals surface area contributed by atoms with Gasteiger partial charge in [0.15, 0.2) is 0 Å². The van der Waals surface area contributed by atoms with Crippen LogP contribution in [0.15, 0.2) is 55.0 Å². The van der Waals surface area contributed by atoms with Crippen molar-refractivity contribution >= 4 is 0 Å². The number of aryl methyl sites for hydroxylation is 2. The minimum Gasteiger partial charge on any atom is -0.508 e. The molecule has 3 nitrogen and oxygen atoms in total. The second-order valence-corrected chi connectivity index (χ2v) is 4.96. The molecule has 20 heavy (non-hydrogen) atoms. The van der Waals surface area contributed by atoms with E-state index in [1.807, 2.05) is 29.2 Å². The first-order valence-corrected chi connectivity index (χ1v) is 6.55. The molecule has 0 spiro atoms. The SMILES string of the molecule is Cc1cccc(C)c1-n1cnc(-c2cccc(O)c2)c1. The molecule has 0 saturated heterocycles. The number of para-hydroxylation sites is 1. The van der Waals surface area contributed by atoms with Crippen LogP contribution >= 0.6 is 0 Å². The van der Waals surface area contributed by atoms with Crippen LogP contribution in [0.25, 0.3) is 16.9 Å². The van der Waals surface area contributed by atoms with Gasteiger partial charge in [-0.2, -0.15) is 0 Å². The number of aromatic hydroxyl groups is 1. The third-order valence-corrected chi connectivity index (χ3v) is 3.42. The monoisotopic (exact) mass is 264 g/mol. The summed E-state index contributed by atoms with van der Waals surface area (Å²) in [7, 11) is 0. The van der Waals surface area contributed by atoms with Gasteiger partial charge in [0.2, 0.25) is 0 Å². The molecule has 0 bridgehead atoms. The maximum absolute atomic E-state index is 9.55. The number of rotatable bonds is 2. The molecule has 3 aromatic rings. The molecule has 0 unspecified atom stereocenters. The predicted octanol–water partition coefficient (Wildman–Crippen LogP) is 3.86. The molecular formula is C17H16N2O. The van der Waals surface area contributed by atoms with Gasteiger partial charge in [-0.05, 0) is 37.1 Å². The molecule has 0 radical (unpaired) electrons. The average molecular weight is 264 g/mol. The summed E-state index contributed by atoms with van der Waals surface area (Å²) < 4.78 is 2.03. The minimum atomic E-state index is 0.254. The summed E-state index contributed by atoms with van der Waals surface area (Å²) in [5.41, 5.74) is 5.35. The number of phenolic OH excluding ortho intramolecular Hbond substituents is 1. The van der Waals surface area contributed by atoms with Crippen LogP contribution in [0.2, 0.25) is 0 Å². The van der Waals surface area contributed by atoms with Crippen molar-refractivity contribution in [2.24, 2.45) is 0 Å². The predicted molar refractivity (Wildman–Crippen MR) is 80.1 cm³/mol. The fraction of sp³-hybridized carbons (Fsp3) is 0.118. The van der Waals surface area contributed by atoms with Gasteiger partial charge in [0.05, 0.1) is 17.7 Å². The van der Waals surface area contributed by atoms with E-state index in [4.69, 9.17) is 0 Å². The standard InChI is InChI=1S/C17H16N2O/c1-12-5-3-6-13(2)17(12)19-10-16(18-11-19)14-7-4-8-15(20)9-14/h3-11,20H,1-2H3. The molecule has 0 amide bonds. The van der Waals surface area contributed by atoms with Crippen LogP contribution in [0.4, 0.5) is 0 Å². The van der Waals surface area contributed by atoms with E-state index < -0.39 is 0 Å². The number of hydrogen-bond acceptors (Lipinski definition) is 2. The molecule has 0 saturated carbocycles. The Kier molecular flexibility index (Phi) is 3.03. The van der Waals surface area contributed by atoms with Crippen LogP contribution in [0.5, 0.6) is 5.75 Å². The molecule has 1 N–H and O–H groups in total. The van der Waals surface area contributed by atoms with Crippen LogP contribution in [0.3, 0.4) is 0 Å². The summed E-state index contributed by atoms with van der Waals surface area (Å²) >= 11 is 0. The first-order chi connectivity index (χ1) is 9.65. The highest BCUT2D eigenvalue weighted by atomic mass is 16.3. The molecular weight excluding hydrogens is 248 g/mol. The molecule has 0 atom stereocenters. The molecule has 0 aliphatic heterocycles. The zero-order valence-corrected chi connectivity index (χ0v) is 11.5. The summed E-state index contributed by atoms with van der Waals surface area (Å²) in [6, 6.07) is 13.4. The second kappa shape index (κ2) is 4.85. The van der Waals surface area contributed by atoms with Gasteiger partial charge in [0.1, 0.15) is 5.75 Å². The zero-order valence-electron chi connectivity index (χ0n) is 11.5. The Morgan fingerprint density at radius 1 is 1.00 bits per heavy atom. The molecule has 100 valence electrons. The number of benzene rings is 2. The van der Waals surface area contributed by atoms with E-state index >= 15 is 0 Å². The van der Waals surface area contributed by atoms with Crippen molar-refractivity contribution < 1.29 is 5.11 Å². The molecule has 0 aliphatic carbocycles. The number of aromatic nitrogens is 2. The lowest BCUT2D eigenvalue weighted by Gasteiger charge is -2.09. The third kappa shape index (κ3) is 2.18. The van der Waals surface area contributed by atoms with Gasteiger partial charge in [-0.3, -0.25) is 0 Å². The Labute approximate surface area is 118 Å². The van der Waals surface area contributed by atoms with Crippen molar-refractivity contribution in [1.82, 2.24) is 9.55 Å². The van der Waals surface area contributed by atoms with E-state index in [0.29, 0.717) is 0 Å². The Morgan fingerprint density at radius 3 is 2.40 bits per heavy atom. The summed E-state index contributed by atoms with van der Waals surface area (Å²) in [5.74, 6) is 0.254. The van der Waals surface area contributed by atoms with Gasteiger partial charge in [-0.25, -0.2) is 4.98 Å². The number of hydrogen-bond donors (Lipinski definition) is 1. The zero-order chi connectivity index (χ0) is 14.1. The van der Waals surface area contributed by atoms with Crippen LogP contribution in [0, 0.1) is 13.8 Å². The van der Waals surface area contributed by atoms with Gasteiger partial charge in [0, 0.05) is 11.8 Å². The summed E-state index contributed by atoms with van der Waals surface area (Å²) in [6.07, 6.45) is 3.80. The van der Waals surface area contributed by atoms with Crippen molar-refractivity contribution in [2.75, 3.05) is 0 Å². The molecule has 1 aromatic heterocycles. The first kappa shape index (κ1) is 12.5. The van der Waals surface area contributed by atoms with Crippen LogP contribution in [0.1, 0.15) is 11.1 Å². The van der Waals surface area contributed by atoms with E-state index in [-0.39, 0.29) is 5.75 Å². The second-order valence-electron chi connectivity index (χ2n) is 4.96. The van der Waals surface area contributed by atoms with Crippen molar-refractivity contribution in [1.29, 1.82) is 0 Å². The van der Waals surface area contributed by atoms with Crippen molar-refractivity contribution in [2.45, 2.75) is 13.8 Å². The van der Waals surface area contributed by atoms with E-state index in [1.165, 1.54) is 11.1 Å². The topological polar surface area (TPSA) is 38.0 Å². The number of imidazole rings is 1. The Balaban J connectivity index is 2.07. The highest BCUT2D eigenvalue weighted by molar-refractivity contribution is 5.61. The Morgan fingerprint density at radius 2 is 1.70 bits per heavy atom. The lowest BCUT2D eigenvalue weighted by atomic mass is 10.1. The lowest BCUT2D eigenvalue weighted by Crippen LogP contribution is -1.96. The fourth-order valence-electron chi connectivity index (χ4n) is 2.47. The van der Waals surface area contributed by atoms with Crippen LogP contribution in [-0.4, -0.2) is 14.7 Å². The van der Waals surface area contributed by atoms with E-state index in [0.717, 1.165) is 16.9 Å². The minimum absolute atomic E-state index is 0.254. The van der Waals surface area contributed by atoms with Gasteiger partial charge >= 0.3 is 0 Å². The maximum Gasteiger partial charge on any atom is 0.116 e. The third-order valence-electron chi connectivity index (χ3n) is 3.42. The largest absolute Gasteiger partial charge is 0.508 e. The lowest BCUT2D eigenvalue weighted by molar-refractivity contribution is 0.475. The van der Waals surface area contributed by atoms with E-state index in [2.05, 4.69) is 37.0 Å². The number of phenols is 1.